The lowest BCUT2D eigenvalue weighted by Gasteiger charge is -2.58. The molecule has 5 heteroatoms. The molecule has 0 spiro atoms. The highest BCUT2D eigenvalue weighted by Crippen LogP contribution is 2.66. The molecule has 0 aliphatic heterocycles. The summed E-state index contributed by atoms with van der Waals surface area (Å²) in [5, 5.41) is 0. The molecule has 0 aromatic carbocycles. The molecule has 0 amide bonds. The molecule has 0 saturated heterocycles. The fourth-order valence-corrected chi connectivity index (χ4v) is 9.25. The van der Waals surface area contributed by atoms with Gasteiger partial charge in [0.1, 0.15) is 0 Å². The zero-order valence-electron chi connectivity index (χ0n) is 19.0. The SMILES string of the molecule is COC(=O)CCCCC1CCC2C3CC=C4CC(OSI)CCC4(C)C3CC[C@]12C. The van der Waals surface area contributed by atoms with Gasteiger partial charge in [-0.1, -0.05) is 31.9 Å². The van der Waals surface area contributed by atoms with E-state index in [1.54, 1.807) is 5.57 Å². The van der Waals surface area contributed by atoms with Gasteiger partial charge in [0.2, 0.25) is 0 Å². The van der Waals surface area contributed by atoms with Crippen molar-refractivity contribution in [1.82, 2.24) is 0 Å². The van der Waals surface area contributed by atoms with Crippen molar-refractivity contribution in [1.29, 1.82) is 0 Å². The summed E-state index contributed by atoms with van der Waals surface area (Å²) in [4.78, 5) is 11.4. The van der Waals surface area contributed by atoms with Crippen LogP contribution in [0.3, 0.4) is 0 Å². The zero-order valence-corrected chi connectivity index (χ0v) is 21.9. The van der Waals surface area contributed by atoms with Crippen LogP contribution in [-0.4, -0.2) is 19.2 Å². The van der Waals surface area contributed by atoms with Crippen molar-refractivity contribution in [2.24, 2.45) is 34.5 Å². The molecule has 7 atom stereocenters. The first-order chi connectivity index (χ1) is 14.4. The summed E-state index contributed by atoms with van der Waals surface area (Å²) in [5.74, 6) is 3.46. The van der Waals surface area contributed by atoms with Crippen molar-refractivity contribution in [2.75, 3.05) is 7.11 Å². The topological polar surface area (TPSA) is 35.5 Å². The third-order valence-corrected chi connectivity index (χ3v) is 10.8. The summed E-state index contributed by atoms with van der Waals surface area (Å²) in [5.41, 5.74) is 2.65. The van der Waals surface area contributed by atoms with Crippen LogP contribution in [0.4, 0.5) is 0 Å². The number of rotatable bonds is 7. The van der Waals surface area contributed by atoms with Crippen LogP contribution < -0.4 is 0 Å². The number of esters is 1. The van der Waals surface area contributed by atoms with E-state index in [9.17, 15) is 4.79 Å². The van der Waals surface area contributed by atoms with E-state index in [0.29, 0.717) is 23.4 Å². The number of hydrogen-bond donors (Lipinski definition) is 0. The summed E-state index contributed by atoms with van der Waals surface area (Å²) in [6.07, 6.45) is 17.7. The first-order valence-electron chi connectivity index (χ1n) is 12.1. The minimum absolute atomic E-state index is 0.0544. The predicted molar refractivity (Wildman–Crippen MR) is 132 cm³/mol. The Kier molecular flexibility index (Phi) is 7.51. The Morgan fingerprint density at radius 2 is 2.00 bits per heavy atom. The molecule has 30 heavy (non-hydrogen) atoms. The lowest BCUT2D eigenvalue weighted by Crippen LogP contribution is -2.50. The van der Waals surface area contributed by atoms with E-state index in [0.717, 1.165) is 36.5 Å². The molecule has 0 aromatic heterocycles. The number of methoxy groups -OCH3 is 1. The maximum absolute atomic E-state index is 11.4. The maximum atomic E-state index is 11.4. The number of unbranched alkanes of at least 4 members (excludes halogenated alkanes) is 1. The third-order valence-electron chi connectivity index (χ3n) is 9.84. The summed E-state index contributed by atoms with van der Waals surface area (Å²) in [6.45, 7) is 5.21. The Morgan fingerprint density at radius 1 is 1.17 bits per heavy atom. The molecule has 0 N–H and O–H groups in total. The highest BCUT2D eigenvalue weighted by Gasteiger charge is 2.58. The van der Waals surface area contributed by atoms with E-state index in [1.165, 1.54) is 74.1 Å². The number of carbonyl (C=O) groups excluding carboxylic acids is 1. The molecule has 0 aromatic rings. The molecule has 3 fully saturated rings. The number of fused-ring (bicyclic) bond motifs is 5. The standard InChI is InChI=1S/C25H39IO3S/c1-24-15-13-22-20(10-8-18-16-19(29-30-26)12-14-25(18,22)2)21(24)11-9-17(24)6-4-5-7-23(27)28-3/h8,17,19-22H,4-7,9-16H2,1-3H3/t17?,19?,20?,21?,22?,24-,25?/m1/s1. The van der Waals surface area contributed by atoms with Crippen LogP contribution in [0.15, 0.2) is 11.6 Å². The van der Waals surface area contributed by atoms with Gasteiger partial charge in [-0.25, -0.2) is 0 Å². The monoisotopic (exact) mass is 546 g/mol. The maximum Gasteiger partial charge on any atom is 0.305 e. The van der Waals surface area contributed by atoms with Gasteiger partial charge in [-0.15, -0.1) is 0 Å². The molecule has 4 rings (SSSR count). The summed E-state index contributed by atoms with van der Waals surface area (Å²) in [7, 11) is 3.01. The number of hydrogen-bond acceptors (Lipinski definition) is 4. The molecule has 4 aliphatic carbocycles. The van der Waals surface area contributed by atoms with Crippen molar-refractivity contribution in [3.63, 3.8) is 0 Å². The normalized spacial score (nSPS) is 42.7. The van der Waals surface area contributed by atoms with Crippen molar-refractivity contribution >= 4 is 36.4 Å². The van der Waals surface area contributed by atoms with Gasteiger partial charge in [-0.05, 0) is 98.7 Å². The quantitative estimate of drug-likeness (QED) is 0.108. The van der Waals surface area contributed by atoms with E-state index in [2.05, 4.69) is 41.1 Å². The molecule has 0 heterocycles. The second kappa shape index (κ2) is 9.62. The fraction of sp³-hybridized carbons (Fsp3) is 0.880. The molecular weight excluding hydrogens is 507 g/mol. The van der Waals surface area contributed by atoms with Crippen LogP contribution >= 0.6 is 30.4 Å². The Hall–Kier alpha value is 0.250. The lowest BCUT2D eigenvalue weighted by atomic mass is 9.47. The minimum atomic E-state index is -0.0544. The van der Waals surface area contributed by atoms with Crippen molar-refractivity contribution in [3.8, 4) is 0 Å². The zero-order chi connectivity index (χ0) is 21.4. The average molecular weight is 547 g/mol. The van der Waals surface area contributed by atoms with Gasteiger partial charge in [0, 0.05) is 27.6 Å². The van der Waals surface area contributed by atoms with E-state index in [-0.39, 0.29) is 5.97 Å². The minimum Gasteiger partial charge on any atom is -0.469 e. The fourth-order valence-electron chi connectivity index (χ4n) is 8.11. The van der Waals surface area contributed by atoms with Crippen molar-refractivity contribution < 1.29 is 13.7 Å². The van der Waals surface area contributed by atoms with Crippen LogP contribution in [0, 0.1) is 34.5 Å². The number of ether oxygens (including phenoxy) is 1. The van der Waals surface area contributed by atoms with Crippen LogP contribution in [0.5, 0.6) is 0 Å². The second-order valence-electron chi connectivity index (χ2n) is 10.9. The van der Waals surface area contributed by atoms with Crippen LogP contribution in [0.1, 0.15) is 90.9 Å². The molecule has 4 aliphatic rings. The van der Waals surface area contributed by atoms with Crippen LogP contribution in [-0.2, 0) is 13.7 Å². The number of allylic oxidation sites excluding steroid dienone is 1. The Labute approximate surface area is 199 Å². The highest BCUT2D eigenvalue weighted by molar-refractivity contribution is 14.2. The van der Waals surface area contributed by atoms with Gasteiger partial charge >= 0.3 is 5.97 Å². The largest absolute Gasteiger partial charge is 0.469 e. The van der Waals surface area contributed by atoms with E-state index < -0.39 is 0 Å². The van der Waals surface area contributed by atoms with Gasteiger partial charge in [-0.3, -0.25) is 4.79 Å². The Bertz CT molecular complexity index is 667. The third kappa shape index (κ3) is 4.25. The van der Waals surface area contributed by atoms with Gasteiger partial charge < -0.3 is 8.92 Å². The van der Waals surface area contributed by atoms with Gasteiger partial charge in [0.15, 0.2) is 0 Å². The highest BCUT2D eigenvalue weighted by atomic mass is 127. The molecule has 0 radical (unpaired) electrons. The van der Waals surface area contributed by atoms with E-state index >= 15 is 0 Å². The smallest absolute Gasteiger partial charge is 0.305 e. The summed E-state index contributed by atoms with van der Waals surface area (Å²) >= 11 is 2.26. The van der Waals surface area contributed by atoms with Gasteiger partial charge in [-0.2, -0.15) is 0 Å². The van der Waals surface area contributed by atoms with E-state index in [4.69, 9.17) is 8.92 Å². The van der Waals surface area contributed by atoms with E-state index in [1.807, 2.05) is 0 Å². The summed E-state index contributed by atoms with van der Waals surface area (Å²) in [6, 6.07) is 0. The first kappa shape index (κ1) is 23.4. The number of halogens is 1. The second-order valence-corrected chi connectivity index (χ2v) is 12.3. The van der Waals surface area contributed by atoms with Gasteiger partial charge in [0.05, 0.1) is 22.4 Å². The first-order valence-corrected chi connectivity index (χ1v) is 15.4. The van der Waals surface area contributed by atoms with Crippen molar-refractivity contribution in [2.45, 2.75) is 97.0 Å². The predicted octanol–water partition coefficient (Wildman–Crippen LogP) is 7.68. The van der Waals surface area contributed by atoms with Gasteiger partial charge in [0.25, 0.3) is 0 Å². The lowest BCUT2D eigenvalue weighted by molar-refractivity contribution is -0.140. The summed E-state index contributed by atoms with van der Waals surface area (Å²) < 4.78 is 10.7. The molecule has 0 bridgehead atoms. The molecular formula is C25H39IO3S. The Balaban J connectivity index is 1.41. The average Bonchev–Trinajstić information content (AvgIpc) is 3.07. The van der Waals surface area contributed by atoms with Crippen molar-refractivity contribution in [3.05, 3.63) is 11.6 Å². The molecule has 6 unspecified atom stereocenters. The number of carbonyl (C=O) groups is 1. The Morgan fingerprint density at radius 3 is 2.77 bits per heavy atom. The van der Waals surface area contributed by atoms with Crippen LogP contribution in [0.25, 0.3) is 0 Å². The molecule has 3 nitrogen and oxygen atoms in total. The molecule has 170 valence electrons. The molecule has 3 saturated carbocycles. The van der Waals surface area contributed by atoms with Crippen LogP contribution in [0.2, 0.25) is 0 Å².